The van der Waals surface area contributed by atoms with Crippen molar-refractivity contribution in [2.24, 2.45) is 0 Å². The molecule has 1 amide bonds. The highest BCUT2D eigenvalue weighted by molar-refractivity contribution is 5.81. The van der Waals surface area contributed by atoms with Gasteiger partial charge < -0.3 is 14.7 Å². The van der Waals surface area contributed by atoms with E-state index in [0.717, 1.165) is 0 Å². The Bertz CT molecular complexity index is 240. The van der Waals surface area contributed by atoms with Crippen LogP contribution in [0.25, 0.3) is 0 Å². The summed E-state index contributed by atoms with van der Waals surface area (Å²) >= 11 is 0. The van der Waals surface area contributed by atoms with E-state index in [1.807, 2.05) is 6.92 Å². The van der Waals surface area contributed by atoms with Crippen molar-refractivity contribution in [2.75, 3.05) is 26.3 Å². The minimum Gasteiger partial charge on any atom is -0.480 e. The first-order chi connectivity index (χ1) is 7.61. The molecule has 0 aliphatic rings. The molecule has 0 rings (SSSR count). The Hall–Kier alpha value is -1.36. The van der Waals surface area contributed by atoms with E-state index < -0.39 is 5.97 Å². The maximum Gasteiger partial charge on any atom is 0.323 e. The third-order valence-corrected chi connectivity index (χ3v) is 1.95. The Kier molecular flexibility index (Phi) is 8.15. The summed E-state index contributed by atoms with van der Waals surface area (Å²) in [6.45, 7) is 6.33. The molecule has 0 aliphatic carbocycles. The summed E-state index contributed by atoms with van der Waals surface area (Å²) in [6, 6.07) is 0. The van der Waals surface area contributed by atoms with Crippen molar-refractivity contribution < 1.29 is 19.4 Å². The Morgan fingerprint density at radius 3 is 2.69 bits per heavy atom. The summed E-state index contributed by atoms with van der Waals surface area (Å²) in [4.78, 5) is 23.5. The second-order valence-electron chi connectivity index (χ2n) is 3.23. The monoisotopic (exact) mass is 229 g/mol. The van der Waals surface area contributed by atoms with Crippen LogP contribution in [0.2, 0.25) is 0 Å². The standard InChI is InChI=1S/C11H19NO4/c1-3-5-6-10(13)12(9-11(14)15)7-8-16-4-2/h3H,1,4-9H2,2H3,(H,14,15). The van der Waals surface area contributed by atoms with E-state index in [9.17, 15) is 9.59 Å². The highest BCUT2D eigenvalue weighted by Gasteiger charge is 2.15. The van der Waals surface area contributed by atoms with Gasteiger partial charge in [0, 0.05) is 19.6 Å². The summed E-state index contributed by atoms with van der Waals surface area (Å²) in [6.07, 6.45) is 2.49. The van der Waals surface area contributed by atoms with Crippen LogP contribution < -0.4 is 0 Å². The molecule has 0 radical (unpaired) electrons. The van der Waals surface area contributed by atoms with Crippen molar-refractivity contribution >= 4 is 11.9 Å². The van der Waals surface area contributed by atoms with E-state index in [4.69, 9.17) is 9.84 Å². The fraction of sp³-hybridized carbons (Fsp3) is 0.636. The Morgan fingerprint density at radius 2 is 2.19 bits per heavy atom. The number of rotatable bonds is 9. The molecule has 0 aromatic heterocycles. The average Bonchev–Trinajstić information content (AvgIpc) is 2.24. The van der Waals surface area contributed by atoms with Crippen LogP contribution >= 0.6 is 0 Å². The van der Waals surface area contributed by atoms with Gasteiger partial charge >= 0.3 is 5.97 Å². The number of carboxylic acids is 1. The number of carboxylic acid groups (broad SMARTS) is 1. The number of ether oxygens (including phenoxy) is 1. The lowest BCUT2D eigenvalue weighted by Crippen LogP contribution is -2.37. The molecule has 0 atom stereocenters. The minimum atomic E-state index is -1.01. The van der Waals surface area contributed by atoms with Gasteiger partial charge in [-0.3, -0.25) is 9.59 Å². The van der Waals surface area contributed by atoms with E-state index >= 15 is 0 Å². The first kappa shape index (κ1) is 14.6. The minimum absolute atomic E-state index is 0.179. The van der Waals surface area contributed by atoms with Crippen LogP contribution in [0.1, 0.15) is 19.8 Å². The summed E-state index contributed by atoms with van der Waals surface area (Å²) in [5.74, 6) is -1.19. The van der Waals surface area contributed by atoms with Gasteiger partial charge in [-0.05, 0) is 13.3 Å². The third kappa shape index (κ3) is 7.00. The molecule has 0 heterocycles. The van der Waals surface area contributed by atoms with Crippen LogP contribution in [-0.4, -0.2) is 48.2 Å². The Balaban J connectivity index is 4.11. The van der Waals surface area contributed by atoms with Gasteiger partial charge in [0.25, 0.3) is 0 Å². The van der Waals surface area contributed by atoms with Crippen LogP contribution in [0.3, 0.4) is 0 Å². The molecule has 5 heteroatoms. The normalized spacial score (nSPS) is 9.81. The van der Waals surface area contributed by atoms with Crippen molar-refractivity contribution in [3.05, 3.63) is 12.7 Å². The lowest BCUT2D eigenvalue weighted by Gasteiger charge is -2.20. The topological polar surface area (TPSA) is 66.8 Å². The first-order valence-corrected chi connectivity index (χ1v) is 5.30. The Morgan fingerprint density at radius 1 is 1.50 bits per heavy atom. The van der Waals surface area contributed by atoms with Crippen molar-refractivity contribution in [1.29, 1.82) is 0 Å². The summed E-state index contributed by atoms with van der Waals surface area (Å²) in [5.41, 5.74) is 0. The van der Waals surface area contributed by atoms with Crippen LogP contribution in [-0.2, 0) is 14.3 Å². The number of hydrogen-bond donors (Lipinski definition) is 1. The zero-order chi connectivity index (χ0) is 12.4. The van der Waals surface area contributed by atoms with E-state index in [0.29, 0.717) is 32.6 Å². The number of aliphatic carboxylic acids is 1. The number of carbonyl (C=O) groups is 2. The summed E-state index contributed by atoms with van der Waals surface area (Å²) < 4.78 is 5.09. The highest BCUT2D eigenvalue weighted by atomic mass is 16.5. The second-order valence-corrected chi connectivity index (χ2v) is 3.23. The number of allylic oxidation sites excluding steroid dienone is 1. The van der Waals surface area contributed by atoms with Gasteiger partial charge in [-0.2, -0.15) is 0 Å². The molecule has 0 bridgehead atoms. The van der Waals surface area contributed by atoms with Crippen molar-refractivity contribution in [2.45, 2.75) is 19.8 Å². The number of hydrogen-bond acceptors (Lipinski definition) is 3. The predicted octanol–water partition coefficient (Wildman–Crippen LogP) is 0.902. The van der Waals surface area contributed by atoms with Crippen molar-refractivity contribution in [1.82, 2.24) is 4.90 Å². The SMILES string of the molecule is C=CCCC(=O)N(CCOCC)CC(=O)O. The average molecular weight is 229 g/mol. The molecule has 92 valence electrons. The van der Waals surface area contributed by atoms with E-state index in [1.165, 1.54) is 4.90 Å². The van der Waals surface area contributed by atoms with Crippen LogP contribution in [0.15, 0.2) is 12.7 Å². The van der Waals surface area contributed by atoms with Gasteiger partial charge in [0.1, 0.15) is 6.54 Å². The molecular weight excluding hydrogens is 210 g/mol. The van der Waals surface area contributed by atoms with Crippen LogP contribution in [0.4, 0.5) is 0 Å². The zero-order valence-electron chi connectivity index (χ0n) is 9.65. The molecule has 1 N–H and O–H groups in total. The Labute approximate surface area is 95.7 Å². The second kappa shape index (κ2) is 8.91. The molecule has 5 nitrogen and oxygen atoms in total. The molecule has 0 saturated heterocycles. The predicted molar refractivity (Wildman–Crippen MR) is 60.1 cm³/mol. The molecule has 16 heavy (non-hydrogen) atoms. The van der Waals surface area contributed by atoms with E-state index in [1.54, 1.807) is 6.08 Å². The molecule has 0 unspecified atom stereocenters. The first-order valence-electron chi connectivity index (χ1n) is 5.30. The van der Waals surface area contributed by atoms with Gasteiger partial charge in [0.2, 0.25) is 5.91 Å². The third-order valence-electron chi connectivity index (χ3n) is 1.95. The molecule has 0 aromatic carbocycles. The quantitative estimate of drug-likeness (QED) is 0.471. The molecular formula is C11H19NO4. The van der Waals surface area contributed by atoms with Gasteiger partial charge in [0.05, 0.1) is 6.61 Å². The summed E-state index contributed by atoms with van der Waals surface area (Å²) in [7, 11) is 0. The summed E-state index contributed by atoms with van der Waals surface area (Å²) in [5, 5.41) is 8.66. The molecule has 0 saturated carbocycles. The fourth-order valence-electron chi connectivity index (χ4n) is 1.16. The van der Waals surface area contributed by atoms with Gasteiger partial charge in [-0.15, -0.1) is 6.58 Å². The fourth-order valence-corrected chi connectivity index (χ4v) is 1.16. The van der Waals surface area contributed by atoms with E-state index in [2.05, 4.69) is 6.58 Å². The van der Waals surface area contributed by atoms with Crippen molar-refractivity contribution in [3.63, 3.8) is 0 Å². The van der Waals surface area contributed by atoms with Gasteiger partial charge in [0.15, 0.2) is 0 Å². The number of carbonyl (C=O) groups excluding carboxylic acids is 1. The van der Waals surface area contributed by atoms with Crippen molar-refractivity contribution in [3.8, 4) is 0 Å². The molecule has 0 aliphatic heterocycles. The number of nitrogens with zero attached hydrogens (tertiary/aromatic N) is 1. The highest BCUT2D eigenvalue weighted by Crippen LogP contribution is 1.99. The van der Waals surface area contributed by atoms with Gasteiger partial charge in [-0.1, -0.05) is 6.08 Å². The molecule has 0 spiro atoms. The van der Waals surface area contributed by atoms with E-state index in [-0.39, 0.29) is 12.5 Å². The zero-order valence-corrected chi connectivity index (χ0v) is 9.65. The van der Waals surface area contributed by atoms with Crippen LogP contribution in [0.5, 0.6) is 0 Å². The molecule has 0 fully saturated rings. The maximum absolute atomic E-state index is 11.6. The largest absolute Gasteiger partial charge is 0.480 e. The number of amides is 1. The lowest BCUT2D eigenvalue weighted by molar-refractivity contribution is -0.144. The maximum atomic E-state index is 11.6. The smallest absolute Gasteiger partial charge is 0.323 e. The molecule has 0 aromatic rings. The van der Waals surface area contributed by atoms with Crippen LogP contribution in [0, 0.1) is 0 Å². The van der Waals surface area contributed by atoms with Gasteiger partial charge in [-0.25, -0.2) is 0 Å². The lowest BCUT2D eigenvalue weighted by atomic mass is 10.2.